The number of nitrogens with zero attached hydrogens (tertiary/aromatic N) is 1. The summed E-state index contributed by atoms with van der Waals surface area (Å²) in [5.41, 5.74) is 9.11. The van der Waals surface area contributed by atoms with Crippen molar-refractivity contribution in [2.24, 2.45) is 5.73 Å². The summed E-state index contributed by atoms with van der Waals surface area (Å²) >= 11 is 0. The van der Waals surface area contributed by atoms with Crippen LogP contribution in [0.1, 0.15) is 98.6 Å². The summed E-state index contributed by atoms with van der Waals surface area (Å²) in [5, 5.41) is 2.91. The third kappa shape index (κ3) is 8.69. The van der Waals surface area contributed by atoms with Crippen molar-refractivity contribution in [1.29, 1.82) is 0 Å². The zero-order valence-electron chi connectivity index (χ0n) is 28.6. The average molecular weight is 649 g/mol. The first kappa shape index (κ1) is 36.6. The molecule has 0 bridgehead atoms. The maximum absolute atomic E-state index is 13.4. The molecule has 1 atom stereocenters. The minimum atomic E-state index is -3.41. The van der Waals surface area contributed by atoms with E-state index in [-0.39, 0.29) is 27.4 Å². The number of carbonyl (C=O) groups is 2. The van der Waals surface area contributed by atoms with Gasteiger partial charge in [-0.3, -0.25) is 9.69 Å². The van der Waals surface area contributed by atoms with Gasteiger partial charge >= 0.3 is 6.03 Å². The van der Waals surface area contributed by atoms with E-state index in [0.717, 1.165) is 24.8 Å². The Morgan fingerprint density at radius 1 is 0.935 bits per heavy atom. The van der Waals surface area contributed by atoms with E-state index < -0.39 is 22.0 Å². The second-order valence-electron chi connectivity index (χ2n) is 13.0. The molecule has 0 aliphatic carbocycles. The molecule has 0 saturated carbocycles. The Labute approximate surface area is 275 Å². The number of amides is 3. The maximum atomic E-state index is 13.4. The molecule has 249 valence electrons. The van der Waals surface area contributed by atoms with Gasteiger partial charge in [0.2, 0.25) is 0 Å². The van der Waals surface area contributed by atoms with Gasteiger partial charge in [-0.1, -0.05) is 73.9 Å². The van der Waals surface area contributed by atoms with Crippen molar-refractivity contribution in [2.45, 2.75) is 109 Å². The Bertz CT molecular complexity index is 1600. The zero-order chi connectivity index (χ0) is 34.3. The molecule has 0 aliphatic heterocycles. The van der Waals surface area contributed by atoms with Crippen molar-refractivity contribution in [3.8, 4) is 5.75 Å². The van der Waals surface area contributed by atoms with Crippen LogP contribution in [-0.4, -0.2) is 32.2 Å². The van der Waals surface area contributed by atoms with Crippen LogP contribution in [0.25, 0.3) is 0 Å². The van der Waals surface area contributed by atoms with Crippen LogP contribution < -0.4 is 20.7 Å². The fraction of sp³-hybridized carbons (Fsp3) is 0.459. The Kier molecular flexibility index (Phi) is 12.1. The molecule has 0 heterocycles. The number of urea groups is 1. The molecule has 3 N–H and O–H groups in total. The van der Waals surface area contributed by atoms with E-state index in [0.29, 0.717) is 35.7 Å². The van der Waals surface area contributed by atoms with E-state index >= 15 is 0 Å². The molecular formula is C37H50N3O5S. The molecule has 3 rings (SSSR count). The lowest BCUT2D eigenvalue weighted by Gasteiger charge is -2.31. The topological polar surface area (TPSA) is 119 Å². The zero-order valence-corrected chi connectivity index (χ0v) is 29.4. The van der Waals surface area contributed by atoms with Crippen molar-refractivity contribution in [1.82, 2.24) is 0 Å². The van der Waals surface area contributed by atoms with E-state index in [4.69, 9.17) is 10.5 Å². The fourth-order valence-electron chi connectivity index (χ4n) is 4.95. The van der Waals surface area contributed by atoms with Gasteiger partial charge in [0.1, 0.15) is 5.75 Å². The fourth-order valence-corrected chi connectivity index (χ4v) is 6.40. The van der Waals surface area contributed by atoms with Crippen LogP contribution in [0.15, 0.2) is 65.6 Å². The summed E-state index contributed by atoms with van der Waals surface area (Å²) < 4.78 is 31.5. The van der Waals surface area contributed by atoms with E-state index in [1.165, 1.54) is 22.6 Å². The molecule has 0 fully saturated rings. The molecule has 3 aromatic rings. The summed E-state index contributed by atoms with van der Waals surface area (Å²) in [6, 6.07) is 19.4. The number of anilines is 3. The van der Waals surface area contributed by atoms with Gasteiger partial charge in [-0.2, -0.15) is 0 Å². The van der Waals surface area contributed by atoms with Crippen LogP contribution in [0.5, 0.6) is 5.75 Å². The summed E-state index contributed by atoms with van der Waals surface area (Å²) in [6.07, 6.45) is 2.99. The smallest absolute Gasteiger partial charge is 0.323 e. The Balaban J connectivity index is 1.80. The van der Waals surface area contributed by atoms with Gasteiger partial charge in [-0.25, -0.2) is 13.2 Å². The highest BCUT2D eigenvalue weighted by Gasteiger charge is 2.29. The first-order valence-corrected chi connectivity index (χ1v) is 17.8. The van der Waals surface area contributed by atoms with Crippen molar-refractivity contribution in [3.63, 3.8) is 0 Å². The Hall–Kier alpha value is -3.85. The van der Waals surface area contributed by atoms with Crippen molar-refractivity contribution in [2.75, 3.05) is 16.0 Å². The normalized spacial score (nSPS) is 12.8. The van der Waals surface area contributed by atoms with Gasteiger partial charge in [0.25, 0.3) is 5.91 Å². The minimum absolute atomic E-state index is 0.0176. The molecule has 0 spiro atoms. The van der Waals surface area contributed by atoms with Crippen molar-refractivity contribution >= 4 is 38.8 Å². The lowest BCUT2D eigenvalue weighted by Crippen LogP contribution is -2.33. The number of hydrogen-bond donors (Lipinski definition) is 2. The SMILES string of the molecule is CCCCS(=O)(=O)c1ccc(N(C(N)=O)c2[c]cc(NC(=O)C(CC)Oc3ccc(C(C)(C)CC)cc3C(C)(C)CC)cc2)cc1. The summed E-state index contributed by atoms with van der Waals surface area (Å²) in [6.45, 7) is 17.0. The van der Waals surface area contributed by atoms with E-state index in [2.05, 4.69) is 65.1 Å². The molecule has 3 amide bonds. The second kappa shape index (κ2) is 15.2. The van der Waals surface area contributed by atoms with Gasteiger partial charge < -0.3 is 15.8 Å². The van der Waals surface area contributed by atoms with Crippen LogP contribution in [0.3, 0.4) is 0 Å². The molecule has 9 heteroatoms. The average Bonchev–Trinajstić information content (AvgIpc) is 3.03. The largest absolute Gasteiger partial charge is 0.480 e. The summed E-state index contributed by atoms with van der Waals surface area (Å²) in [7, 11) is -3.41. The van der Waals surface area contributed by atoms with Gasteiger partial charge in [0.15, 0.2) is 15.9 Å². The number of hydrogen-bond acceptors (Lipinski definition) is 5. The number of rotatable bonds is 15. The number of ether oxygens (including phenoxy) is 1. The van der Waals surface area contributed by atoms with Crippen LogP contribution in [-0.2, 0) is 25.5 Å². The standard InChI is InChI=1S/C37H50N3O5S/c1-9-13-24-46(43,44)30-21-19-29(20-22-30)40(35(38)42)28-17-15-27(16-18-28)39-34(41)32(10-2)45-33-23-14-26(36(5,6)11-3)25-31(33)37(7,8)12-4/h14-17,19-23,25,32H,9-13,24H2,1-8H3,(H2,38,42)(H,39,41). The first-order chi connectivity index (χ1) is 21.6. The lowest BCUT2D eigenvalue weighted by molar-refractivity contribution is -0.122. The van der Waals surface area contributed by atoms with E-state index in [9.17, 15) is 18.0 Å². The van der Waals surface area contributed by atoms with E-state index in [1.807, 2.05) is 19.9 Å². The van der Waals surface area contributed by atoms with Crippen LogP contribution in [0.2, 0.25) is 0 Å². The molecule has 0 saturated heterocycles. The van der Waals surface area contributed by atoms with Gasteiger partial charge in [-0.15, -0.1) is 0 Å². The predicted octanol–water partition coefficient (Wildman–Crippen LogP) is 8.45. The van der Waals surface area contributed by atoms with Crippen molar-refractivity contribution < 1.29 is 22.7 Å². The van der Waals surface area contributed by atoms with Gasteiger partial charge in [0.05, 0.1) is 22.0 Å². The quantitative estimate of drug-likeness (QED) is 0.171. The number of benzene rings is 3. The number of unbranched alkanes of at least 4 members (excludes halogenated alkanes) is 1. The minimum Gasteiger partial charge on any atom is -0.480 e. The van der Waals surface area contributed by atoms with Crippen molar-refractivity contribution in [3.05, 3.63) is 77.9 Å². The third-order valence-corrected chi connectivity index (χ3v) is 10.8. The van der Waals surface area contributed by atoms with Crippen LogP contribution >= 0.6 is 0 Å². The van der Waals surface area contributed by atoms with E-state index in [1.54, 1.807) is 30.3 Å². The monoisotopic (exact) mass is 648 g/mol. The molecule has 3 aromatic carbocycles. The number of carbonyl (C=O) groups excluding carboxylic acids is 2. The highest BCUT2D eigenvalue weighted by Crippen LogP contribution is 2.39. The van der Waals surface area contributed by atoms with Crippen LogP contribution in [0, 0.1) is 6.07 Å². The summed E-state index contributed by atoms with van der Waals surface area (Å²) in [5.74, 6) is 0.468. The van der Waals surface area contributed by atoms with Gasteiger partial charge in [0, 0.05) is 17.3 Å². The molecule has 8 nitrogen and oxygen atoms in total. The first-order valence-electron chi connectivity index (χ1n) is 16.2. The Morgan fingerprint density at radius 3 is 2.11 bits per heavy atom. The lowest BCUT2D eigenvalue weighted by atomic mass is 9.76. The second-order valence-corrected chi connectivity index (χ2v) is 15.1. The molecule has 1 unspecified atom stereocenters. The summed E-state index contributed by atoms with van der Waals surface area (Å²) in [4.78, 5) is 27.2. The number of nitrogens with two attached hydrogens (primary N) is 1. The highest BCUT2D eigenvalue weighted by molar-refractivity contribution is 7.91. The third-order valence-electron chi connectivity index (χ3n) is 8.94. The maximum Gasteiger partial charge on any atom is 0.323 e. The Morgan fingerprint density at radius 2 is 1.59 bits per heavy atom. The predicted molar refractivity (Wildman–Crippen MR) is 187 cm³/mol. The molecule has 0 aliphatic rings. The molecule has 1 radical (unpaired) electrons. The molecule has 0 aromatic heterocycles. The van der Waals surface area contributed by atoms with Gasteiger partial charge in [-0.05, 0) is 90.6 Å². The highest BCUT2D eigenvalue weighted by atomic mass is 32.2. The van der Waals surface area contributed by atoms with Crippen LogP contribution in [0.4, 0.5) is 21.9 Å². The number of sulfone groups is 1. The number of primary amides is 1. The molecule has 46 heavy (non-hydrogen) atoms. The number of nitrogens with one attached hydrogen (secondary N) is 1. The molecular weight excluding hydrogens is 598 g/mol.